The smallest absolute Gasteiger partial charge is 0.252 e. The molecule has 4 heteroatoms. The predicted octanol–water partition coefficient (Wildman–Crippen LogP) is -0.0290. The zero-order valence-corrected chi connectivity index (χ0v) is 8.61. The molecule has 0 saturated carbocycles. The van der Waals surface area contributed by atoms with E-state index in [1.165, 1.54) is 0 Å². The highest BCUT2D eigenvalue weighted by molar-refractivity contribution is 5.81. The Hall–Kier alpha value is -0.610. The molecule has 3 atom stereocenters. The molecule has 0 bridgehead atoms. The lowest BCUT2D eigenvalue weighted by molar-refractivity contribution is -0.141. The largest absolute Gasteiger partial charge is 0.368 e. The van der Waals surface area contributed by atoms with E-state index >= 15 is 0 Å². The molecule has 80 valence electrons. The van der Waals surface area contributed by atoms with Crippen LogP contribution >= 0.6 is 0 Å². The summed E-state index contributed by atoms with van der Waals surface area (Å²) in [6.45, 7) is 4.29. The minimum Gasteiger partial charge on any atom is -0.368 e. The molecule has 4 nitrogen and oxygen atoms in total. The number of amides is 1. The minimum atomic E-state index is -0.208. The van der Waals surface area contributed by atoms with E-state index in [-0.39, 0.29) is 18.1 Å². The molecular weight excluding hydrogens is 180 g/mol. The number of rotatable bonds is 1. The zero-order valence-electron chi connectivity index (χ0n) is 8.61. The maximum Gasteiger partial charge on any atom is 0.252 e. The van der Waals surface area contributed by atoms with Crippen molar-refractivity contribution in [2.24, 2.45) is 11.7 Å². The van der Waals surface area contributed by atoms with Crippen LogP contribution in [0.5, 0.6) is 0 Å². The molecule has 1 amide bonds. The lowest BCUT2D eigenvalue weighted by Crippen LogP contribution is -2.41. The van der Waals surface area contributed by atoms with Gasteiger partial charge in [0.2, 0.25) is 0 Å². The van der Waals surface area contributed by atoms with Crippen molar-refractivity contribution in [1.82, 2.24) is 4.90 Å². The van der Waals surface area contributed by atoms with Gasteiger partial charge in [-0.15, -0.1) is 0 Å². The van der Waals surface area contributed by atoms with Gasteiger partial charge in [-0.2, -0.15) is 0 Å². The molecule has 0 spiro atoms. The van der Waals surface area contributed by atoms with Crippen LogP contribution in [0.15, 0.2) is 0 Å². The molecule has 0 aromatic heterocycles. The fourth-order valence-electron chi connectivity index (χ4n) is 2.18. The van der Waals surface area contributed by atoms with Gasteiger partial charge in [0.1, 0.15) is 6.10 Å². The van der Waals surface area contributed by atoms with Crippen LogP contribution in [0.3, 0.4) is 0 Å². The van der Waals surface area contributed by atoms with E-state index in [4.69, 9.17) is 10.5 Å². The highest BCUT2D eigenvalue weighted by Gasteiger charge is 2.36. The maximum absolute atomic E-state index is 11.9. The van der Waals surface area contributed by atoms with Crippen LogP contribution in [0, 0.1) is 5.92 Å². The fourth-order valence-corrected chi connectivity index (χ4v) is 2.18. The summed E-state index contributed by atoms with van der Waals surface area (Å²) in [6, 6.07) is 0.163. The summed E-state index contributed by atoms with van der Waals surface area (Å²) >= 11 is 0. The van der Waals surface area contributed by atoms with Gasteiger partial charge in [0.05, 0.1) is 0 Å². The summed E-state index contributed by atoms with van der Waals surface area (Å²) in [5.41, 5.74) is 5.76. The van der Waals surface area contributed by atoms with Gasteiger partial charge in [-0.3, -0.25) is 4.79 Å². The first kappa shape index (κ1) is 9.93. The molecule has 14 heavy (non-hydrogen) atoms. The Kier molecular flexibility index (Phi) is 2.74. The van der Waals surface area contributed by atoms with Crippen molar-refractivity contribution in [2.75, 3.05) is 19.7 Å². The first-order chi connectivity index (χ1) is 6.68. The molecule has 0 radical (unpaired) electrons. The summed E-state index contributed by atoms with van der Waals surface area (Å²) in [7, 11) is 0. The van der Waals surface area contributed by atoms with Crippen molar-refractivity contribution in [3.63, 3.8) is 0 Å². The summed E-state index contributed by atoms with van der Waals surface area (Å²) < 4.78 is 5.44. The quantitative estimate of drug-likeness (QED) is 0.644. The summed E-state index contributed by atoms with van der Waals surface area (Å²) in [5.74, 6) is 0.502. The average Bonchev–Trinajstić information content (AvgIpc) is 2.73. The molecule has 2 rings (SSSR count). The third kappa shape index (κ3) is 1.77. The third-order valence-corrected chi connectivity index (χ3v) is 3.17. The molecule has 0 aromatic rings. The number of hydrogen-bond donors (Lipinski definition) is 1. The summed E-state index contributed by atoms with van der Waals surface area (Å²) in [6.07, 6.45) is 1.71. The molecule has 2 saturated heterocycles. The Balaban J connectivity index is 1.94. The third-order valence-electron chi connectivity index (χ3n) is 3.17. The van der Waals surface area contributed by atoms with Gasteiger partial charge < -0.3 is 15.4 Å². The second kappa shape index (κ2) is 3.87. The predicted molar refractivity (Wildman–Crippen MR) is 52.7 cm³/mol. The molecule has 0 aliphatic carbocycles. The van der Waals surface area contributed by atoms with Crippen LogP contribution in [0.25, 0.3) is 0 Å². The zero-order chi connectivity index (χ0) is 10.1. The number of hydrogen-bond acceptors (Lipinski definition) is 3. The van der Waals surface area contributed by atoms with Crippen molar-refractivity contribution < 1.29 is 9.53 Å². The molecule has 2 N–H and O–H groups in total. The number of ether oxygens (including phenoxy) is 1. The van der Waals surface area contributed by atoms with E-state index in [0.717, 1.165) is 26.0 Å². The highest BCUT2D eigenvalue weighted by Crippen LogP contribution is 2.23. The van der Waals surface area contributed by atoms with E-state index in [1.807, 2.05) is 4.90 Å². The standard InChI is InChI=1S/C10H18N2O2/c1-7-3-5-14-9(7)10(13)12-4-2-8(11)6-12/h7-9H,2-6,11H2,1H3/t7?,8-,9?/m1/s1. The topological polar surface area (TPSA) is 55.6 Å². The SMILES string of the molecule is CC1CCOC1C(=O)N1CC[C@@H](N)C1. The number of carbonyl (C=O) groups is 1. The van der Waals surface area contributed by atoms with Gasteiger partial charge in [0, 0.05) is 25.7 Å². The van der Waals surface area contributed by atoms with Gasteiger partial charge in [-0.25, -0.2) is 0 Å². The Labute approximate surface area is 84.4 Å². The van der Waals surface area contributed by atoms with Gasteiger partial charge in [0.25, 0.3) is 5.91 Å². The Morgan fingerprint density at radius 1 is 1.50 bits per heavy atom. The molecule has 2 heterocycles. The van der Waals surface area contributed by atoms with Gasteiger partial charge in [0.15, 0.2) is 0 Å². The number of likely N-dealkylation sites (tertiary alicyclic amines) is 1. The van der Waals surface area contributed by atoms with E-state index in [0.29, 0.717) is 12.5 Å². The van der Waals surface area contributed by atoms with Gasteiger partial charge >= 0.3 is 0 Å². The first-order valence-electron chi connectivity index (χ1n) is 5.34. The summed E-state index contributed by atoms with van der Waals surface area (Å²) in [4.78, 5) is 13.8. The highest BCUT2D eigenvalue weighted by atomic mass is 16.5. The normalized spacial score (nSPS) is 37.9. The Bertz CT molecular complexity index is 232. The minimum absolute atomic E-state index is 0.142. The summed E-state index contributed by atoms with van der Waals surface area (Å²) in [5, 5.41) is 0. The van der Waals surface area contributed by atoms with Crippen LogP contribution in [0.4, 0.5) is 0 Å². The Morgan fingerprint density at radius 2 is 2.29 bits per heavy atom. The van der Waals surface area contributed by atoms with E-state index in [9.17, 15) is 4.79 Å². The van der Waals surface area contributed by atoms with Crippen LogP contribution in [0.2, 0.25) is 0 Å². The van der Waals surface area contributed by atoms with Crippen molar-refractivity contribution in [3.8, 4) is 0 Å². The molecule has 2 aliphatic rings. The fraction of sp³-hybridized carbons (Fsp3) is 0.900. The molecule has 0 aromatic carbocycles. The van der Waals surface area contributed by atoms with Crippen LogP contribution in [0.1, 0.15) is 19.8 Å². The van der Waals surface area contributed by atoms with Gasteiger partial charge in [-0.1, -0.05) is 6.92 Å². The number of nitrogens with two attached hydrogens (primary N) is 1. The van der Waals surface area contributed by atoms with Crippen LogP contribution in [-0.2, 0) is 9.53 Å². The van der Waals surface area contributed by atoms with Gasteiger partial charge in [-0.05, 0) is 18.8 Å². The number of carbonyl (C=O) groups excluding carboxylic acids is 1. The van der Waals surface area contributed by atoms with Crippen LogP contribution in [-0.4, -0.2) is 42.6 Å². The second-order valence-corrected chi connectivity index (χ2v) is 4.39. The van der Waals surface area contributed by atoms with Crippen molar-refractivity contribution in [2.45, 2.75) is 31.9 Å². The molecule has 2 aliphatic heterocycles. The lowest BCUT2D eigenvalue weighted by atomic mass is 10.0. The van der Waals surface area contributed by atoms with E-state index < -0.39 is 0 Å². The van der Waals surface area contributed by atoms with Crippen molar-refractivity contribution >= 4 is 5.91 Å². The lowest BCUT2D eigenvalue weighted by Gasteiger charge is -2.22. The first-order valence-corrected chi connectivity index (χ1v) is 5.34. The molecule has 2 fully saturated rings. The average molecular weight is 198 g/mol. The molecule has 2 unspecified atom stereocenters. The number of nitrogens with zero attached hydrogens (tertiary/aromatic N) is 1. The second-order valence-electron chi connectivity index (χ2n) is 4.39. The molecular formula is C10H18N2O2. The Morgan fingerprint density at radius 3 is 2.79 bits per heavy atom. The maximum atomic E-state index is 11.9. The van der Waals surface area contributed by atoms with Crippen molar-refractivity contribution in [3.05, 3.63) is 0 Å². The van der Waals surface area contributed by atoms with E-state index in [1.54, 1.807) is 0 Å². The van der Waals surface area contributed by atoms with E-state index in [2.05, 4.69) is 6.92 Å². The van der Waals surface area contributed by atoms with Crippen molar-refractivity contribution in [1.29, 1.82) is 0 Å². The monoisotopic (exact) mass is 198 g/mol. The van der Waals surface area contributed by atoms with Crippen LogP contribution < -0.4 is 5.73 Å².